The van der Waals surface area contributed by atoms with Gasteiger partial charge in [-0.15, -0.1) is 0 Å². The second-order valence-electron chi connectivity index (χ2n) is 5.85. The van der Waals surface area contributed by atoms with Crippen LogP contribution < -0.4 is 15.8 Å². The Morgan fingerprint density at radius 1 is 1.48 bits per heavy atom. The van der Waals surface area contributed by atoms with Crippen LogP contribution in [0.1, 0.15) is 12.1 Å². The van der Waals surface area contributed by atoms with E-state index in [0.717, 1.165) is 18.7 Å². The number of aryl methyl sites for hydroxylation is 1. The summed E-state index contributed by atoms with van der Waals surface area (Å²) in [5.41, 5.74) is 1.10. The molecule has 0 saturated carbocycles. The predicted octanol–water partition coefficient (Wildman–Crippen LogP) is 0.754. The van der Waals surface area contributed by atoms with Crippen molar-refractivity contribution in [3.05, 3.63) is 46.5 Å². The van der Waals surface area contributed by atoms with Crippen LogP contribution in [0.4, 0.5) is 11.5 Å². The Bertz CT molecular complexity index is 828. The normalized spacial score (nSPS) is 17.1. The number of rotatable bonds is 5. The molecule has 0 spiro atoms. The van der Waals surface area contributed by atoms with Crippen molar-refractivity contribution in [2.24, 2.45) is 7.05 Å². The van der Waals surface area contributed by atoms with Gasteiger partial charge < -0.3 is 15.0 Å². The fourth-order valence-electron chi connectivity index (χ4n) is 2.72. The molecular formula is C17H20N6O2. The van der Waals surface area contributed by atoms with Crippen molar-refractivity contribution in [2.45, 2.75) is 12.5 Å². The van der Waals surface area contributed by atoms with Crippen molar-refractivity contribution in [3.63, 3.8) is 0 Å². The van der Waals surface area contributed by atoms with Gasteiger partial charge in [-0.05, 0) is 18.6 Å². The quantitative estimate of drug-likeness (QED) is 0.858. The van der Waals surface area contributed by atoms with E-state index >= 15 is 0 Å². The first kappa shape index (κ1) is 16.9. The van der Waals surface area contributed by atoms with E-state index in [1.54, 1.807) is 31.4 Å². The smallest absolute Gasteiger partial charge is 0.268 e. The molecule has 1 aliphatic rings. The average molecular weight is 340 g/mol. The summed E-state index contributed by atoms with van der Waals surface area (Å²) >= 11 is 0. The van der Waals surface area contributed by atoms with Crippen LogP contribution in [0.5, 0.6) is 0 Å². The number of morpholine rings is 1. The lowest BCUT2D eigenvalue weighted by molar-refractivity contribution is 0.0374. The van der Waals surface area contributed by atoms with Crippen molar-refractivity contribution < 1.29 is 4.74 Å². The molecular weight excluding hydrogens is 320 g/mol. The third-order valence-electron chi connectivity index (χ3n) is 4.09. The maximum atomic E-state index is 11.7. The summed E-state index contributed by atoms with van der Waals surface area (Å²) in [4.78, 5) is 18.1. The van der Waals surface area contributed by atoms with E-state index in [9.17, 15) is 4.79 Å². The van der Waals surface area contributed by atoms with Gasteiger partial charge in [-0.2, -0.15) is 10.4 Å². The Hall–Kier alpha value is -2.92. The largest absolute Gasteiger partial charge is 0.374 e. The van der Waals surface area contributed by atoms with Crippen molar-refractivity contribution in [1.29, 1.82) is 5.26 Å². The first-order valence-electron chi connectivity index (χ1n) is 8.16. The van der Waals surface area contributed by atoms with E-state index in [-0.39, 0.29) is 11.7 Å². The standard InChI is InChI=1S/C17H20N6O2/c1-22-17(24)9-14(11-20-22)23-7-8-25-15(12-23)5-6-19-16-4-2-3-13(10-18)21-16/h2-4,9,11,15H,5-8,12H2,1H3,(H,19,21)/t15-/m0/s1. The highest BCUT2D eigenvalue weighted by Gasteiger charge is 2.21. The van der Waals surface area contributed by atoms with Gasteiger partial charge in [0.15, 0.2) is 0 Å². The minimum atomic E-state index is -0.120. The topological polar surface area (TPSA) is 96.1 Å². The molecule has 1 aliphatic heterocycles. The summed E-state index contributed by atoms with van der Waals surface area (Å²) in [5.74, 6) is 0.683. The molecule has 8 nitrogen and oxygen atoms in total. The van der Waals surface area contributed by atoms with Gasteiger partial charge >= 0.3 is 0 Å². The number of anilines is 2. The molecule has 1 saturated heterocycles. The third kappa shape index (κ3) is 4.33. The Labute approximate surface area is 145 Å². The molecule has 3 rings (SSSR count). The van der Waals surface area contributed by atoms with Crippen LogP contribution in [0.3, 0.4) is 0 Å². The van der Waals surface area contributed by atoms with E-state index in [1.807, 2.05) is 12.1 Å². The van der Waals surface area contributed by atoms with Crippen molar-refractivity contribution in [1.82, 2.24) is 14.8 Å². The minimum Gasteiger partial charge on any atom is -0.374 e. The Morgan fingerprint density at radius 2 is 2.36 bits per heavy atom. The lowest BCUT2D eigenvalue weighted by Crippen LogP contribution is -2.43. The fraction of sp³-hybridized carbons (Fsp3) is 0.412. The maximum Gasteiger partial charge on any atom is 0.268 e. The Morgan fingerprint density at radius 3 is 3.16 bits per heavy atom. The molecule has 1 atom stereocenters. The predicted molar refractivity (Wildman–Crippen MR) is 93.5 cm³/mol. The number of pyridine rings is 1. The Kier molecular flexibility index (Phi) is 5.26. The van der Waals surface area contributed by atoms with Gasteiger partial charge in [0, 0.05) is 32.7 Å². The van der Waals surface area contributed by atoms with E-state index in [4.69, 9.17) is 10.00 Å². The number of nitrogens with zero attached hydrogens (tertiary/aromatic N) is 5. The molecule has 1 fully saturated rings. The molecule has 0 bridgehead atoms. The molecule has 2 aromatic rings. The molecule has 0 aliphatic carbocycles. The molecule has 1 N–H and O–H groups in total. The van der Waals surface area contributed by atoms with Crippen LogP contribution in [0.25, 0.3) is 0 Å². The van der Waals surface area contributed by atoms with Gasteiger partial charge in [0.05, 0.1) is 24.6 Å². The zero-order valence-electron chi connectivity index (χ0n) is 14.1. The first-order chi connectivity index (χ1) is 12.2. The summed E-state index contributed by atoms with van der Waals surface area (Å²) in [6.07, 6.45) is 2.57. The summed E-state index contributed by atoms with van der Waals surface area (Å²) in [5, 5.41) is 16.2. The van der Waals surface area contributed by atoms with Crippen LogP contribution in [0.2, 0.25) is 0 Å². The highest BCUT2D eigenvalue weighted by Crippen LogP contribution is 2.16. The van der Waals surface area contributed by atoms with Gasteiger partial charge in [-0.25, -0.2) is 9.67 Å². The summed E-state index contributed by atoms with van der Waals surface area (Å²) in [6, 6.07) is 8.93. The van der Waals surface area contributed by atoms with Crippen molar-refractivity contribution in [3.8, 4) is 6.07 Å². The van der Waals surface area contributed by atoms with E-state index in [1.165, 1.54) is 4.68 Å². The lowest BCUT2D eigenvalue weighted by Gasteiger charge is -2.34. The van der Waals surface area contributed by atoms with Crippen molar-refractivity contribution in [2.75, 3.05) is 36.5 Å². The van der Waals surface area contributed by atoms with Crippen LogP contribution >= 0.6 is 0 Å². The number of aromatic nitrogens is 3. The second-order valence-corrected chi connectivity index (χ2v) is 5.85. The molecule has 0 radical (unpaired) electrons. The first-order valence-corrected chi connectivity index (χ1v) is 8.16. The van der Waals surface area contributed by atoms with Gasteiger partial charge in [0.1, 0.15) is 17.6 Å². The summed E-state index contributed by atoms with van der Waals surface area (Å²) in [7, 11) is 1.63. The van der Waals surface area contributed by atoms with E-state index < -0.39 is 0 Å². The number of hydrogen-bond donors (Lipinski definition) is 1. The molecule has 130 valence electrons. The number of ether oxygens (including phenoxy) is 1. The van der Waals surface area contributed by atoms with Crippen molar-refractivity contribution >= 4 is 11.5 Å². The highest BCUT2D eigenvalue weighted by molar-refractivity contribution is 5.43. The zero-order valence-corrected chi connectivity index (χ0v) is 14.1. The maximum absolute atomic E-state index is 11.7. The number of nitrogens with one attached hydrogen (secondary N) is 1. The van der Waals surface area contributed by atoms with Gasteiger partial charge in [0.25, 0.3) is 5.56 Å². The second kappa shape index (κ2) is 7.77. The third-order valence-corrected chi connectivity index (χ3v) is 4.09. The van der Waals surface area contributed by atoms with E-state index in [2.05, 4.69) is 20.3 Å². The monoisotopic (exact) mass is 340 g/mol. The molecule has 8 heteroatoms. The number of hydrogen-bond acceptors (Lipinski definition) is 7. The zero-order chi connectivity index (χ0) is 17.6. The van der Waals surface area contributed by atoms with Gasteiger partial charge in [-0.1, -0.05) is 6.07 Å². The molecule has 2 aromatic heterocycles. The molecule has 0 aromatic carbocycles. The van der Waals surface area contributed by atoms with E-state index in [0.29, 0.717) is 31.2 Å². The molecule has 0 amide bonds. The molecule has 25 heavy (non-hydrogen) atoms. The summed E-state index contributed by atoms with van der Waals surface area (Å²) in [6.45, 7) is 2.75. The average Bonchev–Trinajstić information content (AvgIpc) is 2.64. The van der Waals surface area contributed by atoms with Gasteiger partial charge in [0.2, 0.25) is 0 Å². The van der Waals surface area contributed by atoms with Gasteiger partial charge in [-0.3, -0.25) is 4.79 Å². The van der Waals surface area contributed by atoms with Crippen LogP contribution in [-0.2, 0) is 11.8 Å². The number of nitriles is 1. The summed E-state index contributed by atoms with van der Waals surface area (Å²) < 4.78 is 7.12. The fourth-order valence-corrected chi connectivity index (χ4v) is 2.72. The molecule has 3 heterocycles. The van der Waals surface area contributed by atoms with Crippen LogP contribution in [-0.4, -0.2) is 47.1 Å². The Balaban J connectivity index is 1.54. The van der Waals surface area contributed by atoms with Crippen LogP contribution in [0, 0.1) is 11.3 Å². The van der Waals surface area contributed by atoms with Crippen LogP contribution in [0.15, 0.2) is 35.3 Å². The minimum absolute atomic E-state index is 0.0597. The SMILES string of the molecule is Cn1ncc(N2CCO[C@@H](CCNc3cccc(C#N)n3)C2)cc1=O. The highest BCUT2D eigenvalue weighted by atomic mass is 16.5. The molecule has 0 unspecified atom stereocenters. The lowest BCUT2D eigenvalue weighted by atomic mass is 10.2.